The third-order valence-electron chi connectivity index (χ3n) is 4.59. The maximum Gasteiger partial charge on any atom is 0.326 e. The Morgan fingerprint density at radius 2 is 2.11 bits per heavy atom. The van der Waals surface area contributed by atoms with Crippen molar-refractivity contribution in [2.75, 3.05) is 32.8 Å². The number of esters is 1. The van der Waals surface area contributed by atoms with E-state index in [9.17, 15) is 4.79 Å². The zero-order valence-electron chi connectivity index (χ0n) is 11.7. The molecule has 0 bridgehead atoms. The molecule has 0 spiro atoms. The first kappa shape index (κ1) is 13.8. The molecule has 104 valence electrons. The molecule has 0 aromatic heterocycles. The summed E-state index contributed by atoms with van der Waals surface area (Å²) in [4.78, 5) is 14.9. The monoisotopic (exact) mass is 254 g/mol. The second kappa shape index (κ2) is 6.02. The summed E-state index contributed by atoms with van der Waals surface area (Å²) < 4.78 is 5.41. The van der Waals surface area contributed by atoms with Gasteiger partial charge in [0.05, 0.1) is 6.61 Å². The molecule has 0 aromatic rings. The fourth-order valence-electron chi connectivity index (χ4n) is 3.74. The van der Waals surface area contributed by atoms with Gasteiger partial charge in [-0.15, -0.1) is 0 Å². The molecule has 1 aliphatic carbocycles. The van der Waals surface area contributed by atoms with Crippen LogP contribution in [0.15, 0.2) is 0 Å². The van der Waals surface area contributed by atoms with Gasteiger partial charge in [0.15, 0.2) is 0 Å². The lowest BCUT2D eigenvalue weighted by Crippen LogP contribution is -2.62. The van der Waals surface area contributed by atoms with Gasteiger partial charge < -0.3 is 10.1 Å². The van der Waals surface area contributed by atoms with Crippen LogP contribution in [0.25, 0.3) is 0 Å². The number of nitrogens with zero attached hydrogens (tertiary/aromatic N) is 1. The lowest BCUT2D eigenvalue weighted by atomic mass is 9.82. The molecule has 2 rings (SSSR count). The summed E-state index contributed by atoms with van der Waals surface area (Å²) in [5.74, 6) is 0.492. The zero-order valence-corrected chi connectivity index (χ0v) is 11.7. The van der Waals surface area contributed by atoms with Gasteiger partial charge in [0.25, 0.3) is 0 Å². The van der Waals surface area contributed by atoms with Crippen LogP contribution < -0.4 is 5.32 Å². The van der Waals surface area contributed by atoms with Gasteiger partial charge in [0.2, 0.25) is 0 Å². The van der Waals surface area contributed by atoms with E-state index in [-0.39, 0.29) is 11.5 Å². The van der Waals surface area contributed by atoms with E-state index in [1.807, 2.05) is 6.92 Å². The molecule has 2 atom stereocenters. The van der Waals surface area contributed by atoms with Gasteiger partial charge in [-0.3, -0.25) is 9.69 Å². The quantitative estimate of drug-likeness (QED) is 0.770. The van der Waals surface area contributed by atoms with Crippen molar-refractivity contribution in [3.8, 4) is 0 Å². The van der Waals surface area contributed by atoms with Crippen molar-refractivity contribution in [3.63, 3.8) is 0 Å². The van der Waals surface area contributed by atoms with Crippen LogP contribution in [0.4, 0.5) is 0 Å². The number of nitrogens with one attached hydrogen (secondary N) is 1. The molecule has 1 N–H and O–H groups in total. The average molecular weight is 254 g/mol. The molecule has 1 heterocycles. The molecule has 1 aliphatic heterocycles. The molecule has 1 saturated carbocycles. The van der Waals surface area contributed by atoms with Crippen LogP contribution in [0.1, 0.15) is 39.5 Å². The van der Waals surface area contributed by atoms with Crippen molar-refractivity contribution < 1.29 is 9.53 Å². The molecule has 4 nitrogen and oxygen atoms in total. The Morgan fingerprint density at radius 3 is 2.72 bits per heavy atom. The summed E-state index contributed by atoms with van der Waals surface area (Å²) in [6.45, 7) is 8.49. The average Bonchev–Trinajstić information content (AvgIpc) is 2.85. The molecule has 4 heteroatoms. The Labute approximate surface area is 110 Å². The zero-order chi connectivity index (χ0) is 13.0. The van der Waals surface area contributed by atoms with Crippen molar-refractivity contribution >= 4 is 5.97 Å². The van der Waals surface area contributed by atoms with Gasteiger partial charge in [-0.1, -0.05) is 19.8 Å². The topological polar surface area (TPSA) is 41.6 Å². The van der Waals surface area contributed by atoms with Crippen molar-refractivity contribution in [3.05, 3.63) is 0 Å². The number of piperazine rings is 1. The maximum absolute atomic E-state index is 12.6. The molecule has 0 radical (unpaired) electrons. The smallest absolute Gasteiger partial charge is 0.326 e. The van der Waals surface area contributed by atoms with Crippen LogP contribution in [0.3, 0.4) is 0 Å². The fraction of sp³-hybridized carbons (Fsp3) is 0.929. The normalized spacial score (nSPS) is 33.6. The molecule has 2 unspecified atom stereocenters. The number of hydrogen-bond acceptors (Lipinski definition) is 4. The summed E-state index contributed by atoms with van der Waals surface area (Å²) in [5.41, 5.74) is -0.327. The Hall–Kier alpha value is -0.610. The van der Waals surface area contributed by atoms with Crippen LogP contribution >= 0.6 is 0 Å². The van der Waals surface area contributed by atoms with Gasteiger partial charge >= 0.3 is 5.97 Å². The lowest BCUT2D eigenvalue weighted by Gasteiger charge is -2.45. The fourth-order valence-corrected chi connectivity index (χ4v) is 3.74. The van der Waals surface area contributed by atoms with Crippen molar-refractivity contribution in [2.24, 2.45) is 5.92 Å². The molecule has 1 saturated heterocycles. The number of ether oxygens (including phenoxy) is 1. The molecule has 0 aromatic carbocycles. The largest absolute Gasteiger partial charge is 0.465 e. The van der Waals surface area contributed by atoms with E-state index in [1.54, 1.807) is 0 Å². The van der Waals surface area contributed by atoms with Crippen LogP contribution in [-0.4, -0.2) is 49.2 Å². The first-order chi connectivity index (χ1) is 8.75. The Bertz CT molecular complexity index is 290. The summed E-state index contributed by atoms with van der Waals surface area (Å²) in [6, 6.07) is 0. The second-order valence-electron chi connectivity index (χ2n) is 5.38. The minimum atomic E-state index is -0.327. The van der Waals surface area contributed by atoms with Crippen LogP contribution in [0.2, 0.25) is 0 Å². The van der Waals surface area contributed by atoms with Crippen LogP contribution in [-0.2, 0) is 9.53 Å². The molecule has 2 fully saturated rings. The third-order valence-corrected chi connectivity index (χ3v) is 4.59. The van der Waals surface area contributed by atoms with Crippen molar-refractivity contribution in [1.29, 1.82) is 0 Å². The first-order valence-corrected chi connectivity index (χ1v) is 7.38. The van der Waals surface area contributed by atoms with Gasteiger partial charge in [-0.2, -0.15) is 0 Å². The van der Waals surface area contributed by atoms with Crippen molar-refractivity contribution in [1.82, 2.24) is 10.2 Å². The van der Waals surface area contributed by atoms with Gasteiger partial charge in [-0.25, -0.2) is 0 Å². The van der Waals surface area contributed by atoms with E-state index in [2.05, 4.69) is 17.1 Å². The van der Waals surface area contributed by atoms with Gasteiger partial charge in [0.1, 0.15) is 5.54 Å². The van der Waals surface area contributed by atoms with E-state index < -0.39 is 0 Å². The Kier molecular flexibility index (Phi) is 4.62. The highest BCUT2D eigenvalue weighted by Gasteiger charge is 2.53. The minimum Gasteiger partial charge on any atom is -0.465 e. The summed E-state index contributed by atoms with van der Waals surface area (Å²) in [7, 11) is 0. The van der Waals surface area contributed by atoms with E-state index in [1.165, 1.54) is 6.42 Å². The van der Waals surface area contributed by atoms with Gasteiger partial charge in [-0.05, 0) is 25.7 Å². The maximum atomic E-state index is 12.6. The SMILES string of the molecule is CCOC(=O)C1(N2CCNCC2)CCCC1CC. The number of hydrogen-bond donors (Lipinski definition) is 1. The lowest BCUT2D eigenvalue weighted by molar-refractivity contribution is -0.162. The Balaban J connectivity index is 2.23. The second-order valence-corrected chi connectivity index (χ2v) is 5.38. The van der Waals surface area contributed by atoms with Gasteiger partial charge in [0, 0.05) is 26.2 Å². The molecule has 18 heavy (non-hydrogen) atoms. The highest BCUT2D eigenvalue weighted by molar-refractivity contribution is 5.82. The number of rotatable bonds is 4. The first-order valence-electron chi connectivity index (χ1n) is 7.38. The predicted molar refractivity (Wildman–Crippen MR) is 71.4 cm³/mol. The molecular formula is C14H26N2O2. The van der Waals surface area contributed by atoms with E-state index in [4.69, 9.17) is 4.74 Å². The standard InChI is InChI=1S/C14H26N2O2/c1-3-12-6-5-7-14(12,13(17)18-4-2)16-10-8-15-9-11-16/h12,15H,3-11H2,1-2H3. The number of carbonyl (C=O) groups is 1. The summed E-state index contributed by atoms with van der Waals surface area (Å²) in [6.07, 6.45) is 4.37. The van der Waals surface area contributed by atoms with E-state index >= 15 is 0 Å². The van der Waals surface area contributed by atoms with Crippen LogP contribution in [0.5, 0.6) is 0 Å². The molecular weight excluding hydrogens is 228 g/mol. The summed E-state index contributed by atoms with van der Waals surface area (Å²) >= 11 is 0. The summed E-state index contributed by atoms with van der Waals surface area (Å²) in [5, 5.41) is 3.37. The van der Waals surface area contributed by atoms with E-state index in [0.717, 1.165) is 45.4 Å². The highest BCUT2D eigenvalue weighted by Crippen LogP contribution is 2.43. The molecule has 0 amide bonds. The van der Waals surface area contributed by atoms with E-state index in [0.29, 0.717) is 12.5 Å². The number of carbonyl (C=O) groups excluding carboxylic acids is 1. The Morgan fingerprint density at radius 1 is 1.39 bits per heavy atom. The minimum absolute atomic E-state index is 0.0243. The third kappa shape index (κ3) is 2.28. The van der Waals surface area contributed by atoms with Crippen LogP contribution in [0, 0.1) is 5.92 Å². The highest BCUT2D eigenvalue weighted by atomic mass is 16.5. The predicted octanol–water partition coefficient (Wildman–Crippen LogP) is 1.40. The van der Waals surface area contributed by atoms with Crippen molar-refractivity contribution in [2.45, 2.75) is 45.1 Å². The molecule has 2 aliphatic rings.